The van der Waals surface area contributed by atoms with Gasteiger partial charge < -0.3 is 9.80 Å². The molecule has 0 N–H and O–H groups in total. The van der Waals surface area contributed by atoms with E-state index < -0.39 is 0 Å². The van der Waals surface area contributed by atoms with E-state index in [1.54, 1.807) is 0 Å². The molecule has 0 heterocycles. The topological polar surface area (TPSA) is 6.48 Å². The maximum atomic E-state index is 4.18. The standard InChI is InChI=1S/C70H68N2/c1-3-5-21-55(4-2)46-62(33-32-56-22-11-6-12-23-56)47-57-34-36-63(37-35-57)66-48-67(64-38-42-69(43-39-64)71(51-58-24-13-7-14-25-58)52-59-26-15-8-16-27-59)50-68(49-66)65-40-44-70(45-41-65)72(53-60-28-17-9-18-29-60)54-61-30-19-10-20-31-61/h3-31,34-40,42-44,48-50,62H,2,32-33,41,45-47,51-54H2,1H3/b5-3-,55-21+. The molecule has 8 aromatic rings. The zero-order chi connectivity index (χ0) is 49.2. The Hall–Kier alpha value is -7.94. The SMILES string of the molecule is C=C/C(=C\C=C/C)CC(CCc1ccccc1)Cc1ccc(-c2cc(C3=CC=C(N(Cc4ccccc4)Cc4ccccc4)CC3)cc(-c3ccc(N(Cc4ccccc4)Cc4ccccc4)cc3)c2)cc1. The van der Waals surface area contributed by atoms with E-state index in [0.29, 0.717) is 5.92 Å². The van der Waals surface area contributed by atoms with Crippen LogP contribution in [0.15, 0.2) is 273 Å². The van der Waals surface area contributed by atoms with E-state index in [9.17, 15) is 0 Å². The van der Waals surface area contributed by atoms with Crippen LogP contribution in [0.5, 0.6) is 0 Å². The van der Waals surface area contributed by atoms with Gasteiger partial charge in [-0.1, -0.05) is 225 Å². The number of nitrogens with zero attached hydrogens (tertiary/aromatic N) is 2. The normalized spacial score (nSPS) is 13.0. The second kappa shape index (κ2) is 25.3. The maximum absolute atomic E-state index is 4.18. The summed E-state index contributed by atoms with van der Waals surface area (Å²) < 4.78 is 0. The fraction of sp³-hybridized carbons (Fsp3) is 0.171. The van der Waals surface area contributed by atoms with Gasteiger partial charge in [0.1, 0.15) is 0 Å². The first-order valence-corrected chi connectivity index (χ1v) is 25.9. The second-order valence-electron chi connectivity index (χ2n) is 19.3. The molecule has 2 nitrogen and oxygen atoms in total. The minimum absolute atomic E-state index is 0.493. The number of hydrogen-bond donors (Lipinski definition) is 0. The van der Waals surface area contributed by atoms with Gasteiger partial charge in [-0.05, 0) is 160 Å². The largest absolute Gasteiger partial charge is 0.366 e. The van der Waals surface area contributed by atoms with Gasteiger partial charge in [-0.25, -0.2) is 0 Å². The molecule has 1 aliphatic rings. The molecule has 0 aliphatic heterocycles. The van der Waals surface area contributed by atoms with Crippen LogP contribution in [0.3, 0.4) is 0 Å². The smallest absolute Gasteiger partial charge is 0.0433 e. The van der Waals surface area contributed by atoms with Gasteiger partial charge in [0.2, 0.25) is 0 Å². The Kier molecular flexibility index (Phi) is 17.2. The minimum Gasteiger partial charge on any atom is -0.366 e. The van der Waals surface area contributed by atoms with Crippen LogP contribution in [0.25, 0.3) is 27.8 Å². The fourth-order valence-corrected chi connectivity index (χ4v) is 10.1. The van der Waals surface area contributed by atoms with E-state index in [2.05, 4.69) is 272 Å². The van der Waals surface area contributed by atoms with E-state index in [1.165, 1.54) is 83.7 Å². The highest BCUT2D eigenvalue weighted by Gasteiger charge is 2.19. The third-order valence-corrected chi connectivity index (χ3v) is 14.1. The summed E-state index contributed by atoms with van der Waals surface area (Å²) >= 11 is 0. The van der Waals surface area contributed by atoms with Crippen LogP contribution >= 0.6 is 0 Å². The summed E-state index contributed by atoms with van der Waals surface area (Å²) in [4.78, 5) is 5.04. The Morgan fingerprint density at radius 2 is 0.931 bits per heavy atom. The Balaban J connectivity index is 1.03. The molecule has 1 atom stereocenters. The van der Waals surface area contributed by atoms with Crippen molar-refractivity contribution in [2.75, 3.05) is 4.90 Å². The lowest BCUT2D eigenvalue weighted by Gasteiger charge is -2.30. The highest BCUT2D eigenvalue weighted by molar-refractivity contribution is 5.81. The molecule has 0 fully saturated rings. The second-order valence-corrected chi connectivity index (χ2v) is 19.3. The quantitative estimate of drug-likeness (QED) is 0.0625. The number of allylic oxidation sites excluding steroid dienone is 9. The number of anilines is 1. The third kappa shape index (κ3) is 13.9. The van der Waals surface area contributed by atoms with Crippen molar-refractivity contribution in [1.29, 1.82) is 0 Å². The van der Waals surface area contributed by atoms with Crippen molar-refractivity contribution in [3.8, 4) is 22.3 Å². The summed E-state index contributed by atoms with van der Waals surface area (Å²) in [6.07, 6.45) is 19.4. The average Bonchev–Trinajstić information content (AvgIpc) is 3.44. The Morgan fingerprint density at radius 3 is 1.39 bits per heavy atom. The number of hydrogen-bond acceptors (Lipinski definition) is 2. The molecule has 0 spiro atoms. The number of benzene rings is 8. The van der Waals surface area contributed by atoms with Crippen molar-refractivity contribution in [1.82, 2.24) is 4.90 Å². The van der Waals surface area contributed by atoms with Crippen LogP contribution in [0.1, 0.15) is 71.6 Å². The van der Waals surface area contributed by atoms with E-state index in [4.69, 9.17) is 0 Å². The van der Waals surface area contributed by atoms with Crippen LogP contribution in [0, 0.1) is 5.92 Å². The van der Waals surface area contributed by atoms with Crippen molar-refractivity contribution in [2.45, 2.75) is 71.6 Å². The fourth-order valence-electron chi connectivity index (χ4n) is 10.1. The van der Waals surface area contributed by atoms with Crippen LogP contribution in [-0.2, 0) is 39.0 Å². The lowest BCUT2D eigenvalue weighted by atomic mass is 9.86. The van der Waals surface area contributed by atoms with E-state index in [1.807, 2.05) is 6.08 Å². The molecule has 1 unspecified atom stereocenters. The first-order valence-electron chi connectivity index (χ1n) is 25.9. The Labute approximate surface area is 430 Å². The summed E-state index contributed by atoms with van der Waals surface area (Å²) in [5.74, 6) is 0.493. The maximum Gasteiger partial charge on any atom is 0.0433 e. The van der Waals surface area contributed by atoms with E-state index in [-0.39, 0.29) is 0 Å². The lowest BCUT2D eigenvalue weighted by molar-refractivity contribution is 0.317. The van der Waals surface area contributed by atoms with Crippen LogP contribution in [0.2, 0.25) is 0 Å². The Bertz CT molecular complexity index is 2970. The van der Waals surface area contributed by atoms with Gasteiger partial charge in [-0.2, -0.15) is 0 Å². The molecule has 358 valence electrons. The molecule has 0 bridgehead atoms. The molecule has 2 heteroatoms. The first-order chi connectivity index (χ1) is 35.5. The summed E-state index contributed by atoms with van der Waals surface area (Å²) in [5, 5.41) is 0. The van der Waals surface area contributed by atoms with Crippen molar-refractivity contribution in [3.63, 3.8) is 0 Å². The molecule has 0 amide bonds. The van der Waals surface area contributed by atoms with Crippen molar-refractivity contribution in [3.05, 3.63) is 312 Å². The van der Waals surface area contributed by atoms with Crippen LogP contribution in [0.4, 0.5) is 5.69 Å². The van der Waals surface area contributed by atoms with E-state index >= 15 is 0 Å². The van der Waals surface area contributed by atoms with Gasteiger partial charge in [-0.15, -0.1) is 0 Å². The van der Waals surface area contributed by atoms with Crippen molar-refractivity contribution >= 4 is 11.3 Å². The molecule has 0 aromatic heterocycles. The lowest BCUT2D eigenvalue weighted by Crippen LogP contribution is -2.23. The molecule has 0 saturated carbocycles. The molecule has 72 heavy (non-hydrogen) atoms. The summed E-state index contributed by atoms with van der Waals surface area (Å²) in [6, 6.07) is 80.2. The predicted octanol–water partition coefficient (Wildman–Crippen LogP) is 17.9. The number of aryl methyl sites for hydroxylation is 1. The molecular formula is C70H68N2. The predicted molar refractivity (Wildman–Crippen MR) is 307 cm³/mol. The summed E-state index contributed by atoms with van der Waals surface area (Å²) in [6.45, 7) is 9.66. The third-order valence-electron chi connectivity index (χ3n) is 14.1. The summed E-state index contributed by atoms with van der Waals surface area (Å²) in [5.41, 5.74) is 19.5. The van der Waals surface area contributed by atoms with E-state index in [0.717, 1.165) is 64.7 Å². The highest BCUT2D eigenvalue weighted by Crippen LogP contribution is 2.37. The van der Waals surface area contributed by atoms with Crippen LogP contribution in [-0.4, -0.2) is 4.90 Å². The molecule has 8 aromatic carbocycles. The van der Waals surface area contributed by atoms with Gasteiger partial charge >= 0.3 is 0 Å². The first kappa shape index (κ1) is 49.1. The van der Waals surface area contributed by atoms with Crippen LogP contribution < -0.4 is 4.90 Å². The monoisotopic (exact) mass is 937 g/mol. The average molecular weight is 937 g/mol. The highest BCUT2D eigenvalue weighted by atomic mass is 15.1. The zero-order valence-corrected chi connectivity index (χ0v) is 42.0. The van der Waals surface area contributed by atoms with Gasteiger partial charge in [0, 0.05) is 37.6 Å². The molecule has 0 saturated heterocycles. The van der Waals surface area contributed by atoms with Gasteiger partial charge in [-0.3, -0.25) is 0 Å². The van der Waals surface area contributed by atoms with Gasteiger partial charge in [0.25, 0.3) is 0 Å². The zero-order valence-electron chi connectivity index (χ0n) is 42.0. The van der Waals surface area contributed by atoms with Crippen molar-refractivity contribution in [2.24, 2.45) is 5.92 Å². The molecule has 1 aliphatic carbocycles. The van der Waals surface area contributed by atoms with Gasteiger partial charge in [0.05, 0.1) is 0 Å². The van der Waals surface area contributed by atoms with Crippen molar-refractivity contribution < 1.29 is 0 Å². The molecule has 0 radical (unpaired) electrons. The summed E-state index contributed by atoms with van der Waals surface area (Å²) in [7, 11) is 0. The van der Waals surface area contributed by atoms with Gasteiger partial charge in [0.15, 0.2) is 0 Å². The number of rotatable bonds is 22. The Morgan fingerprint density at radius 1 is 0.472 bits per heavy atom. The molecular weight excluding hydrogens is 869 g/mol. The molecule has 9 rings (SSSR count). The minimum atomic E-state index is 0.493.